The van der Waals surface area contributed by atoms with Gasteiger partial charge in [-0.1, -0.05) is 37.3 Å². The van der Waals surface area contributed by atoms with Crippen molar-refractivity contribution >= 4 is 17.2 Å². The summed E-state index contributed by atoms with van der Waals surface area (Å²) in [6.07, 6.45) is 1.95. The van der Waals surface area contributed by atoms with E-state index in [4.69, 9.17) is 0 Å². The molecule has 0 saturated heterocycles. The lowest BCUT2D eigenvalue weighted by Crippen LogP contribution is -2.27. The molecule has 0 fully saturated rings. The van der Waals surface area contributed by atoms with Crippen molar-refractivity contribution in [1.82, 2.24) is 10.2 Å². The van der Waals surface area contributed by atoms with Crippen molar-refractivity contribution in [3.05, 3.63) is 57.3 Å². The highest BCUT2D eigenvalue weighted by atomic mass is 32.1. The Labute approximate surface area is 143 Å². The first-order valence-electron chi connectivity index (χ1n) is 8.20. The van der Waals surface area contributed by atoms with Crippen LogP contribution in [0.5, 0.6) is 0 Å². The standard InChI is InChI=1S/C19H26N2OS/c1-4-17-15(2)13-18(23-17)19(22)20-11-8-12-21(3)14-16-9-6-5-7-10-16/h5-7,9-10,13H,4,8,11-12,14H2,1-3H3,(H,20,22). The molecule has 0 aliphatic rings. The van der Waals surface area contributed by atoms with Crippen LogP contribution < -0.4 is 5.32 Å². The minimum atomic E-state index is 0.0588. The number of carbonyl (C=O) groups excluding carboxylic acids is 1. The van der Waals surface area contributed by atoms with Crippen LogP contribution in [0.25, 0.3) is 0 Å². The first-order chi connectivity index (χ1) is 11.1. The predicted molar refractivity (Wildman–Crippen MR) is 98.2 cm³/mol. The summed E-state index contributed by atoms with van der Waals surface area (Å²) in [4.78, 5) is 16.6. The van der Waals surface area contributed by atoms with E-state index in [1.807, 2.05) is 12.1 Å². The Hall–Kier alpha value is -1.65. The van der Waals surface area contributed by atoms with Crippen LogP contribution in [0, 0.1) is 6.92 Å². The molecule has 1 aromatic heterocycles. The molecule has 2 rings (SSSR count). The van der Waals surface area contributed by atoms with Gasteiger partial charge in [-0.2, -0.15) is 0 Å². The van der Waals surface area contributed by atoms with Gasteiger partial charge in [-0.25, -0.2) is 0 Å². The zero-order chi connectivity index (χ0) is 16.7. The van der Waals surface area contributed by atoms with E-state index in [2.05, 4.69) is 55.4 Å². The van der Waals surface area contributed by atoms with Gasteiger partial charge in [-0.05, 0) is 50.6 Å². The van der Waals surface area contributed by atoms with Gasteiger partial charge in [-0.3, -0.25) is 4.79 Å². The zero-order valence-corrected chi connectivity index (χ0v) is 15.1. The number of benzene rings is 1. The topological polar surface area (TPSA) is 32.3 Å². The van der Waals surface area contributed by atoms with Crippen molar-refractivity contribution in [1.29, 1.82) is 0 Å². The van der Waals surface area contributed by atoms with Gasteiger partial charge in [-0.15, -0.1) is 11.3 Å². The molecule has 124 valence electrons. The Balaban J connectivity index is 1.69. The molecule has 1 amide bonds. The van der Waals surface area contributed by atoms with E-state index >= 15 is 0 Å². The van der Waals surface area contributed by atoms with Gasteiger partial charge in [0.15, 0.2) is 0 Å². The Morgan fingerprint density at radius 1 is 1.26 bits per heavy atom. The second kappa shape index (κ2) is 8.85. The maximum absolute atomic E-state index is 12.1. The van der Waals surface area contributed by atoms with Crippen LogP contribution in [0.2, 0.25) is 0 Å². The molecule has 0 bridgehead atoms. The van der Waals surface area contributed by atoms with Crippen molar-refractivity contribution in [2.45, 2.75) is 33.2 Å². The lowest BCUT2D eigenvalue weighted by Gasteiger charge is -2.16. The lowest BCUT2D eigenvalue weighted by atomic mass is 10.2. The fraction of sp³-hybridized carbons (Fsp3) is 0.421. The SMILES string of the molecule is CCc1sc(C(=O)NCCCN(C)Cc2ccccc2)cc1C. The average molecular weight is 330 g/mol. The number of nitrogens with one attached hydrogen (secondary N) is 1. The Morgan fingerprint density at radius 2 is 2.00 bits per heavy atom. The van der Waals surface area contributed by atoms with Gasteiger partial charge in [0.1, 0.15) is 0 Å². The molecule has 1 N–H and O–H groups in total. The molecule has 1 heterocycles. The smallest absolute Gasteiger partial charge is 0.261 e. The number of rotatable bonds is 8. The first-order valence-corrected chi connectivity index (χ1v) is 9.01. The first kappa shape index (κ1) is 17.7. The van der Waals surface area contributed by atoms with Gasteiger partial charge < -0.3 is 10.2 Å². The van der Waals surface area contributed by atoms with Crippen molar-refractivity contribution in [2.75, 3.05) is 20.1 Å². The molecule has 0 spiro atoms. The summed E-state index contributed by atoms with van der Waals surface area (Å²) in [5.74, 6) is 0.0588. The molecule has 0 aliphatic carbocycles. The maximum atomic E-state index is 12.1. The summed E-state index contributed by atoms with van der Waals surface area (Å²) >= 11 is 1.61. The van der Waals surface area contributed by atoms with Crippen molar-refractivity contribution in [2.24, 2.45) is 0 Å². The van der Waals surface area contributed by atoms with Crippen LogP contribution >= 0.6 is 11.3 Å². The van der Waals surface area contributed by atoms with E-state index in [1.165, 1.54) is 16.0 Å². The Kier molecular flexibility index (Phi) is 6.81. The normalized spacial score (nSPS) is 11.0. The lowest BCUT2D eigenvalue weighted by molar-refractivity contribution is 0.0956. The second-order valence-corrected chi connectivity index (χ2v) is 7.04. The summed E-state index contributed by atoms with van der Waals surface area (Å²) in [6, 6.07) is 12.5. The largest absolute Gasteiger partial charge is 0.351 e. The fourth-order valence-electron chi connectivity index (χ4n) is 2.59. The minimum absolute atomic E-state index is 0.0588. The predicted octanol–water partition coefficient (Wildman–Crippen LogP) is 3.87. The highest BCUT2D eigenvalue weighted by molar-refractivity contribution is 7.14. The molecule has 4 heteroatoms. The van der Waals surface area contributed by atoms with Crippen molar-refractivity contribution in [3.63, 3.8) is 0 Å². The summed E-state index contributed by atoms with van der Waals surface area (Å²) in [7, 11) is 2.12. The van der Waals surface area contributed by atoms with Crippen LogP contribution in [0.15, 0.2) is 36.4 Å². The van der Waals surface area contributed by atoms with Crippen LogP contribution in [0.3, 0.4) is 0 Å². The van der Waals surface area contributed by atoms with Gasteiger partial charge in [0, 0.05) is 18.0 Å². The number of hydrogen-bond acceptors (Lipinski definition) is 3. The van der Waals surface area contributed by atoms with E-state index in [1.54, 1.807) is 11.3 Å². The number of aryl methyl sites for hydroxylation is 2. The highest BCUT2D eigenvalue weighted by Gasteiger charge is 2.11. The van der Waals surface area contributed by atoms with Crippen LogP contribution in [0.4, 0.5) is 0 Å². The molecule has 0 saturated carbocycles. The zero-order valence-electron chi connectivity index (χ0n) is 14.3. The Morgan fingerprint density at radius 3 is 2.65 bits per heavy atom. The monoisotopic (exact) mass is 330 g/mol. The summed E-state index contributed by atoms with van der Waals surface area (Å²) < 4.78 is 0. The molecule has 1 aromatic carbocycles. The molecule has 0 radical (unpaired) electrons. The summed E-state index contributed by atoms with van der Waals surface area (Å²) in [5, 5.41) is 3.03. The highest BCUT2D eigenvalue weighted by Crippen LogP contribution is 2.22. The molecule has 0 unspecified atom stereocenters. The number of amides is 1. The van der Waals surface area contributed by atoms with Crippen molar-refractivity contribution in [3.8, 4) is 0 Å². The summed E-state index contributed by atoms with van der Waals surface area (Å²) in [6.45, 7) is 6.84. The van der Waals surface area contributed by atoms with Crippen molar-refractivity contribution < 1.29 is 4.79 Å². The number of hydrogen-bond donors (Lipinski definition) is 1. The maximum Gasteiger partial charge on any atom is 0.261 e. The average Bonchev–Trinajstić information content (AvgIpc) is 2.93. The summed E-state index contributed by atoms with van der Waals surface area (Å²) in [5.41, 5.74) is 2.55. The third-order valence-electron chi connectivity index (χ3n) is 3.86. The van der Waals surface area contributed by atoms with Crippen LogP contribution in [-0.4, -0.2) is 30.9 Å². The van der Waals surface area contributed by atoms with Crippen LogP contribution in [-0.2, 0) is 13.0 Å². The van der Waals surface area contributed by atoms with Crippen LogP contribution in [0.1, 0.15) is 39.0 Å². The molecular formula is C19H26N2OS. The van der Waals surface area contributed by atoms with E-state index in [0.29, 0.717) is 0 Å². The molecule has 23 heavy (non-hydrogen) atoms. The Bertz CT molecular complexity index is 622. The van der Waals surface area contributed by atoms with Gasteiger partial charge >= 0.3 is 0 Å². The molecular weight excluding hydrogens is 304 g/mol. The quantitative estimate of drug-likeness (QED) is 0.745. The number of carbonyl (C=O) groups is 1. The molecule has 0 aliphatic heterocycles. The van der Waals surface area contributed by atoms with Gasteiger partial charge in [0.05, 0.1) is 4.88 Å². The van der Waals surface area contributed by atoms with E-state index in [0.717, 1.165) is 37.4 Å². The number of thiophene rings is 1. The van der Waals surface area contributed by atoms with E-state index in [9.17, 15) is 4.79 Å². The third kappa shape index (κ3) is 5.48. The second-order valence-electron chi connectivity index (χ2n) is 5.90. The minimum Gasteiger partial charge on any atom is -0.351 e. The fourth-order valence-corrected chi connectivity index (χ4v) is 3.63. The molecule has 2 aromatic rings. The number of nitrogens with zero attached hydrogens (tertiary/aromatic N) is 1. The van der Waals surface area contributed by atoms with E-state index < -0.39 is 0 Å². The van der Waals surface area contributed by atoms with Gasteiger partial charge in [0.25, 0.3) is 5.91 Å². The third-order valence-corrected chi connectivity index (χ3v) is 5.24. The molecule has 3 nitrogen and oxygen atoms in total. The van der Waals surface area contributed by atoms with E-state index in [-0.39, 0.29) is 5.91 Å². The van der Waals surface area contributed by atoms with Gasteiger partial charge in [0.2, 0.25) is 0 Å². The molecule has 0 atom stereocenters.